The van der Waals surface area contributed by atoms with Crippen LogP contribution in [0.5, 0.6) is 0 Å². The monoisotopic (exact) mass is 306 g/mol. The molecule has 0 saturated heterocycles. The quantitative estimate of drug-likeness (QED) is 0.764. The maximum Gasteiger partial charge on any atom is 0.265 e. The number of carbonyl (C=O) groups excluding carboxylic acids is 2. The number of nitrogens with one attached hydrogen (secondary N) is 2. The van der Waals surface area contributed by atoms with Crippen molar-refractivity contribution in [1.82, 2.24) is 9.97 Å². The Morgan fingerprint density at radius 3 is 2.71 bits per heavy atom. The molecule has 2 amide bonds. The summed E-state index contributed by atoms with van der Waals surface area (Å²) >= 11 is 1.36. The average molecular weight is 306 g/mol. The Balaban J connectivity index is 2.10. The van der Waals surface area contributed by atoms with E-state index in [4.69, 9.17) is 5.73 Å². The second-order valence-electron chi connectivity index (χ2n) is 4.71. The number of nitrogens with zero attached hydrogens (tertiary/aromatic N) is 1. The predicted octanol–water partition coefficient (Wildman–Crippen LogP) is 2.61. The summed E-state index contributed by atoms with van der Waals surface area (Å²) in [6, 6.07) is 1.64. The van der Waals surface area contributed by atoms with E-state index in [0.717, 1.165) is 18.4 Å². The minimum absolute atomic E-state index is 0.00562. The number of rotatable bonds is 6. The number of thiazole rings is 1. The smallest absolute Gasteiger partial charge is 0.265 e. The molecule has 112 valence electrons. The number of hydrogen-bond acceptors (Lipinski definition) is 4. The molecule has 0 unspecified atom stereocenters. The van der Waals surface area contributed by atoms with E-state index in [2.05, 4.69) is 15.3 Å². The first kappa shape index (κ1) is 15.2. The summed E-state index contributed by atoms with van der Waals surface area (Å²) in [5.74, 6) is -0.516. The average Bonchev–Trinajstić information content (AvgIpc) is 3.08. The van der Waals surface area contributed by atoms with E-state index >= 15 is 0 Å². The van der Waals surface area contributed by atoms with Gasteiger partial charge in [0.15, 0.2) is 5.13 Å². The van der Waals surface area contributed by atoms with Crippen LogP contribution in [0.3, 0.4) is 0 Å². The molecule has 2 aromatic rings. The van der Waals surface area contributed by atoms with Gasteiger partial charge in [-0.3, -0.25) is 9.59 Å². The summed E-state index contributed by atoms with van der Waals surface area (Å²) in [6.07, 6.45) is 3.28. The van der Waals surface area contributed by atoms with Crippen LogP contribution in [0.1, 0.15) is 37.2 Å². The molecule has 0 radical (unpaired) electrons. The van der Waals surface area contributed by atoms with Crippen molar-refractivity contribution in [2.45, 2.75) is 26.7 Å². The molecule has 2 rings (SSSR count). The van der Waals surface area contributed by atoms with Crippen LogP contribution in [0, 0.1) is 5.92 Å². The van der Waals surface area contributed by atoms with Crippen LogP contribution in [-0.4, -0.2) is 21.8 Å². The molecule has 21 heavy (non-hydrogen) atoms. The van der Waals surface area contributed by atoms with Crippen LogP contribution >= 0.6 is 11.3 Å². The first-order valence-corrected chi connectivity index (χ1v) is 7.68. The second kappa shape index (κ2) is 6.53. The minimum Gasteiger partial charge on any atom is -0.364 e. The molecule has 6 nitrogen and oxygen atoms in total. The molecule has 0 aliphatic rings. The largest absolute Gasteiger partial charge is 0.364 e. The summed E-state index contributed by atoms with van der Waals surface area (Å²) in [4.78, 5) is 30.2. The fourth-order valence-electron chi connectivity index (χ4n) is 2.02. The van der Waals surface area contributed by atoms with Gasteiger partial charge in [-0.05, 0) is 18.9 Å². The molecule has 0 fully saturated rings. The highest BCUT2D eigenvalue weighted by Gasteiger charge is 2.16. The number of nitrogens with two attached hydrogens (primary N) is 1. The lowest BCUT2D eigenvalue weighted by Crippen LogP contribution is -2.21. The van der Waals surface area contributed by atoms with Gasteiger partial charge < -0.3 is 16.0 Å². The highest BCUT2D eigenvalue weighted by molar-refractivity contribution is 7.14. The Hall–Kier alpha value is -2.15. The number of anilines is 1. The van der Waals surface area contributed by atoms with E-state index in [1.54, 1.807) is 12.3 Å². The Morgan fingerprint density at radius 2 is 2.14 bits per heavy atom. The highest BCUT2D eigenvalue weighted by Crippen LogP contribution is 2.26. The predicted molar refractivity (Wildman–Crippen MR) is 83.1 cm³/mol. The molecule has 0 saturated carbocycles. The third-order valence-corrected chi connectivity index (χ3v) is 4.09. The van der Waals surface area contributed by atoms with Crippen LogP contribution in [-0.2, 0) is 4.79 Å². The van der Waals surface area contributed by atoms with Crippen molar-refractivity contribution in [2.24, 2.45) is 11.7 Å². The van der Waals surface area contributed by atoms with Crippen molar-refractivity contribution in [3.8, 4) is 11.3 Å². The first-order chi connectivity index (χ1) is 10.0. The topological polar surface area (TPSA) is 101 Å². The number of aromatic amines is 1. The van der Waals surface area contributed by atoms with Crippen LogP contribution in [0.2, 0.25) is 0 Å². The van der Waals surface area contributed by atoms with Crippen molar-refractivity contribution in [1.29, 1.82) is 0 Å². The number of amides is 2. The van der Waals surface area contributed by atoms with Crippen molar-refractivity contribution in [3.05, 3.63) is 23.3 Å². The molecule has 0 spiro atoms. The van der Waals surface area contributed by atoms with Crippen LogP contribution in [0.15, 0.2) is 17.6 Å². The summed E-state index contributed by atoms with van der Waals surface area (Å²) in [7, 11) is 0. The second-order valence-corrected chi connectivity index (χ2v) is 5.56. The van der Waals surface area contributed by atoms with E-state index in [0.29, 0.717) is 16.5 Å². The Bertz CT molecular complexity index is 643. The number of aromatic nitrogens is 2. The van der Waals surface area contributed by atoms with Gasteiger partial charge in [0.1, 0.15) is 5.69 Å². The van der Waals surface area contributed by atoms with E-state index < -0.39 is 5.91 Å². The van der Waals surface area contributed by atoms with Crippen LogP contribution in [0.25, 0.3) is 11.3 Å². The maximum atomic E-state index is 12.0. The molecular weight excluding hydrogens is 288 g/mol. The number of primary amides is 1. The molecule has 7 heteroatoms. The Morgan fingerprint density at radius 1 is 1.43 bits per heavy atom. The fraction of sp³-hybridized carbons (Fsp3) is 0.357. The first-order valence-electron chi connectivity index (χ1n) is 6.80. The van der Waals surface area contributed by atoms with Crippen molar-refractivity contribution >= 4 is 28.3 Å². The molecule has 0 atom stereocenters. The van der Waals surface area contributed by atoms with Gasteiger partial charge in [0, 0.05) is 23.1 Å². The van der Waals surface area contributed by atoms with Crippen LogP contribution in [0.4, 0.5) is 5.13 Å². The Kier molecular flexibility index (Phi) is 4.74. The van der Waals surface area contributed by atoms with Gasteiger partial charge in [-0.15, -0.1) is 11.3 Å². The zero-order valence-electron chi connectivity index (χ0n) is 12.0. The van der Waals surface area contributed by atoms with E-state index in [1.165, 1.54) is 11.3 Å². The molecular formula is C14H18N4O2S. The minimum atomic E-state index is -0.515. The molecule has 0 bridgehead atoms. The number of carbonyl (C=O) groups is 2. The van der Waals surface area contributed by atoms with Gasteiger partial charge >= 0.3 is 0 Å². The van der Waals surface area contributed by atoms with E-state index in [-0.39, 0.29) is 11.8 Å². The summed E-state index contributed by atoms with van der Waals surface area (Å²) in [5, 5.41) is 5.22. The van der Waals surface area contributed by atoms with Gasteiger partial charge in [-0.2, -0.15) is 0 Å². The number of H-pyrrole nitrogens is 1. The van der Waals surface area contributed by atoms with Crippen LogP contribution < -0.4 is 11.1 Å². The zero-order valence-corrected chi connectivity index (χ0v) is 12.8. The van der Waals surface area contributed by atoms with Gasteiger partial charge in [-0.25, -0.2) is 4.98 Å². The summed E-state index contributed by atoms with van der Waals surface area (Å²) < 4.78 is 0. The zero-order chi connectivity index (χ0) is 15.4. The summed E-state index contributed by atoms with van der Waals surface area (Å²) in [5.41, 5.74) is 6.99. The van der Waals surface area contributed by atoms with Crippen molar-refractivity contribution in [3.63, 3.8) is 0 Å². The van der Waals surface area contributed by atoms with Gasteiger partial charge in [-0.1, -0.05) is 13.8 Å². The summed E-state index contributed by atoms with van der Waals surface area (Å²) in [6.45, 7) is 3.98. The third-order valence-electron chi connectivity index (χ3n) is 3.33. The van der Waals surface area contributed by atoms with Gasteiger partial charge in [0.05, 0.1) is 5.69 Å². The SMILES string of the molecule is CCC(CC)C(=O)Nc1nc(-c2c[nH]c(C(N)=O)c2)cs1. The van der Waals surface area contributed by atoms with E-state index in [1.807, 2.05) is 19.2 Å². The van der Waals surface area contributed by atoms with Crippen molar-refractivity contribution < 1.29 is 9.59 Å². The van der Waals surface area contributed by atoms with E-state index in [9.17, 15) is 9.59 Å². The standard InChI is InChI=1S/C14H18N4O2S/c1-3-8(4-2)13(20)18-14-17-11(7-21-14)9-5-10(12(15)19)16-6-9/h5-8,16H,3-4H2,1-2H3,(H2,15,19)(H,17,18,20). The Labute approximate surface area is 126 Å². The lowest BCUT2D eigenvalue weighted by atomic mass is 10.0. The lowest BCUT2D eigenvalue weighted by molar-refractivity contribution is -0.120. The fourth-order valence-corrected chi connectivity index (χ4v) is 2.74. The van der Waals surface area contributed by atoms with Crippen molar-refractivity contribution in [2.75, 3.05) is 5.32 Å². The highest BCUT2D eigenvalue weighted by atomic mass is 32.1. The van der Waals surface area contributed by atoms with Gasteiger partial charge in [0.2, 0.25) is 5.91 Å². The maximum absolute atomic E-state index is 12.0. The molecule has 2 aromatic heterocycles. The van der Waals surface area contributed by atoms with Gasteiger partial charge in [0.25, 0.3) is 5.91 Å². The third kappa shape index (κ3) is 3.49. The lowest BCUT2D eigenvalue weighted by Gasteiger charge is -2.10. The normalized spacial score (nSPS) is 10.8. The molecule has 0 aliphatic carbocycles. The number of hydrogen-bond donors (Lipinski definition) is 3. The molecule has 4 N–H and O–H groups in total. The molecule has 0 aromatic carbocycles. The molecule has 2 heterocycles. The molecule has 0 aliphatic heterocycles.